The van der Waals surface area contributed by atoms with Gasteiger partial charge in [0, 0.05) is 17.2 Å². The number of anilines is 1. The lowest BCUT2D eigenvalue weighted by atomic mass is 10.3. The maximum absolute atomic E-state index is 12.8. The first-order chi connectivity index (χ1) is 13.3. The van der Waals surface area contributed by atoms with Gasteiger partial charge in [0.2, 0.25) is 11.1 Å². The third kappa shape index (κ3) is 3.79. The zero-order valence-corrected chi connectivity index (χ0v) is 16.2. The van der Waals surface area contributed by atoms with Gasteiger partial charge in [-0.1, -0.05) is 23.9 Å². The number of thioether (sulfide) groups is 2. The van der Waals surface area contributed by atoms with E-state index in [4.69, 9.17) is 4.74 Å². The van der Waals surface area contributed by atoms with E-state index in [0.29, 0.717) is 11.7 Å². The Morgan fingerprint density at radius 1 is 1.22 bits per heavy atom. The Bertz CT molecular complexity index is 945. The molecule has 1 aliphatic heterocycles. The van der Waals surface area contributed by atoms with Crippen molar-refractivity contribution in [3.63, 3.8) is 0 Å². The lowest BCUT2D eigenvalue weighted by Crippen LogP contribution is -2.36. The van der Waals surface area contributed by atoms with Crippen LogP contribution < -0.4 is 9.64 Å². The van der Waals surface area contributed by atoms with Gasteiger partial charge in [-0.05, 0) is 46.8 Å². The molecule has 2 aromatic carbocycles. The summed E-state index contributed by atoms with van der Waals surface area (Å²) in [6.45, 7) is 0.713. The zero-order valence-electron chi connectivity index (χ0n) is 14.6. The summed E-state index contributed by atoms with van der Waals surface area (Å²) in [7, 11) is 1.62. The number of tetrazole rings is 1. The van der Waals surface area contributed by atoms with Crippen LogP contribution in [0.3, 0.4) is 0 Å². The van der Waals surface area contributed by atoms with Crippen molar-refractivity contribution in [1.82, 2.24) is 20.2 Å². The predicted molar refractivity (Wildman–Crippen MR) is 106 cm³/mol. The van der Waals surface area contributed by atoms with Crippen molar-refractivity contribution in [3.8, 4) is 11.4 Å². The molecule has 1 aliphatic rings. The highest BCUT2D eigenvalue weighted by molar-refractivity contribution is 8.00. The topological polar surface area (TPSA) is 73.1 Å². The number of fused-ring (bicyclic) bond motifs is 1. The van der Waals surface area contributed by atoms with Crippen LogP contribution in [0.15, 0.2) is 58.6 Å². The average molecular weight is 400 g/mol. The second-order valence-corrected chi connectivity index (χ2v) is 7.80. The van der Waals surface area contributed by atoms with Gasteiger partial charge < -0.3 is 9.64 Å². The van der Waals surface area contributed by atoms with Gasteiger partial charge in [-0.15, -0.1) is 16.9 Å². The van der Waals surface area contributed by atoms with Crippen LogP contribution in [0.2, 0.25) is 0 Å². The molecule has 9 heteroatoms. The first-order valence-electron chi connectivity index (χ1n) is 8.34. The molecule has 0 radical (unpaired) electrons. The molecule has 1 amide bonds. The highest BCUT2D eigenvalue weighted by Gasteiger charge is 2.23. The van der Waals surface area contributed by atoms with E-state index in [0.717, 1.165) is 27.8 Å². The van der Waals surface area contributed by atoms with Gasteiger partial charge in [0.05, 0.1) is 24.2 Å². The normalized spacial score (nSPS) is 13.3. The number of hydrogen-bond donors (Lipinski definition) is 0. The number of carbonyl (C=O) groups is 1. The molecule has 2 heterocycles. The van der Waals surface area contributed by atoms with E-state index >= 15 is 0 Å². The minimum Gasteiger partial charge on any atom is -0.497 e. The molecule has 0 atom stereocenters. The number of nitrogens with zero attached hydrogens (tertiary/aromatic N) is 5. The first kappa shape index (κ1) is 17.9. The van der Waals surface area contributed by atoms with Crippen LogP contribution >= 0.6 is 23.5 Å². The Balaban J connectivity index is 1.47. The van der Waals surface area contributed by atoms with E-state index in [-0.39, 0.29) is 11.7 Å². The smallest absolute Gasteiger partial charge is 0.237 e. The Morgan fingerprint density at radius 3 is 2.85 bits per heavy atom. The molecule has 0 saturated heterocycles. The minimum absolute atomic E-state index is 0.0528. The van der Waals surface area contributed by atoms with Crippen LogP contribution in [-0.4, -0.2) is 51.3 Å². The van der Waals surface area contributed by atoms with E-state index in [1.807, 2.05) is 47.4 Å². The number of hydrogen-bond acceptors (Lipinski definition) is 7. The number of rotatable bonds is 5. The zero-order chi connectivity index (χ0) is 18.6. The standard InChI is InChI=1S/C18H17N5O2S2/c1-25-14-8-6-13(7-9-14)23-18(19-20-21-23)27-12-17(24)22-10-11-26-16-5-3-2-4-15(16)22/h2-9H,10-12H2,1H3. The summed E-state index contributed by atoms with van der Waals surface area (Å²) in [5.41, 5.74) is 1.80. The summed E-state index contributed by atoms with van der Waals surface area (Å²) in [6.07, 6.45) is 0. The second kappa shape index (κ2) is 8.01. The van der Waals surface area contributed by atoms with Crippen molar-refractivity contribution >= 4 is 35.1 Å². The maximum atomic E-state index is 12.8. The van der Waals surface area contributed by atoms with Crippen LogP contribution in [-0.2, 0) is 4.79 Å². The Morgan fingerprint density at radius 2 is 2.04 bits per heavy atom. The number of aromatic nitrogens is 4. The van der Waals surface area contributed by atoms with E-state index in [1.54, 1.807) is 23.6 Å². The van der Waals surface area contributed by atoms with Gasteiger partial charge in [-0.3, -0.25) is 4.79 Å². The summed E-state index contributed by atoms with van der Waals surface area (Å²) in [5.74, 6) is 1.99. The first-order valence-corrected chi connectivity index (χ1v) is 10.3. The van der Waals surface area contributed by atoms with Gasteiger partial charge >= 0.3 is 0 Å². The molecule has 3 aromatic rings. The predicted octanol–water partition coefficient (Wildman–Crippen LogP) is 2.90. The van der Waals surface area contributed by atoms with Crippen LogP contribution in [0.5, 0.6) is 5.75 Å². The minimum atomic E-state index is 0.0528. The van der Waals surface area contributed by atoms with Gasteiger partial charge in [-0.25, -0.2) is 0 Å². The van der Waals surface area contributed by atoms with Crippen molar-refractivity contribution in [3.05, 3.63) is 48.5 Å². The summed E-state index contributed by atoms with van der Waals surface area (Å²) in [6, 6.07) is 15.4. The molecule has 0 unspecified atom stereocenters. The summed E-state index contributed by atoms with van der Waals surface area (Å²) >= 11 is 3.11. The summed E-state index contributed by atoms with van der Waals surface area (Å²) < 4.78 is 6.80. The summed E-state index contributed by atoms with van der Waals surface area (Å²) in [4.78, 5) is 15.8. The molecule has 0 fully saturated rings. The number of benzene rings is 2. The molecule has 0 N–H and O–H groups in total. The number of methoxy groups -OCH3 is 1. The number of amides is 1. The summed E-state index contributed by atoms with van der Waals surface area (Å²) in [5, 5.41) is 12.4. The highest BCUT2D eigenvalue weighted by atomic mass is 32.2. The van der Waals surface area contributed by atoms with Crippen molar-refractivity contribution < 1.29 is 9.53 Å². The lowest BCUT2D eigenvalue weighted by molar-refractivity contribution is -0.116. The molecule has 1 aromatic heterocycles. The fourth-order valence-corrected chi connectivity index (χ4v) is 4.55. The fraction of sp³-hybridized carbons (Fsp3) is 0.222. The van der Waals surface area contributed by atoms with Crippen LogP contribution in [0, 0.1) is 0 Å². The number of carbonyl (C=O) groups excluding carboxylic acids is 1. The van der Waals surface area contributed by atoms with Crippen molar-refractivity contribution in [2.75, 3.05) is 30.1 Å². The molecule has 0 saturated carbocycles. The van der Waals surface area contributed by atoms with E-state index in [2.05, 4.69) is 21.6 Å². The molecule has 138 valence electrons. The lowest BCUT2D eigenvalue weighted by Gasteiger charge is -2.28. The highest BCUT2D eigenvalue weighted by Crippen LogP contribution is 2.34. The van der Waals surface area contributed by atoms with Gasteiger partial charge in [0.1, 0.15) is 5.75 Å². The van der Waals surface area contributed by atoms with E-state index < -0.39 is 0 Å². The molecule has 4 rings (SSSR count). The number of ether oxygens (including phenoxy) is 1. The fourth-order valence-electron chi connectivity index (χ4n) is 2.79. The second-order valence-electron chi connectivity index (χ2n) is 5.72. The maximum Gasteiger partial charge on any atom is 0.237 e. The quantitative estimate of drug-likeness (QED) is 0.611. The Hall–Kier alpha value is -2.52. The molecular formula is C18H17N5O2S2. The molecular weight excluding hydrogens is 382 g/mol. The SMILES string of the molecule is COc1ccc(-n2nnnc2SCC(=O)N2CCSc3ccccc32)cc1. The van der Waals surface area contributed by atoms with Gasteiger partial charge in [0.15, 0.2) is 0 Å². The largest absolute Gasteiger partial charge is 0.497 e. The van der Waals surface area contributed by atoms with Gasteiger partial charge in [0.25, 0.3) is 0 Å². The van der Waals surface area contributed by atoms with Crippen LogP contribution in [0.1, 0.15) is 0 Å². The third-order valence-corrected chi connectivity index (χ3v) is 6.06. The monoisotopic (exact) mass is 399 g/mol. The molecule has 0 spiro atoms. The van der Waals surface area contributed by atoms with Gasteiger partial charge in [-0.2, -0.15) is 4.68 Å². The van der Waals surface area contributed by atoms with E-state index in [9.17, 15) is 4.79 Å². The third-order valence-electron chi connectivity index (χ3n) is 4.11. The van der Waals surface area contributed by atoms with Crippen molar-refractivity contribution in [1.29, 1.82) is 0 Å². The molecule has 7 nitrogen and oxygen atoms in total. The van der Waals surface area contributed by atoms with Crippen LogP contribution in [0.4, 0.5) is 5.69 Å². The number of para-hydroxylation sites is 1. The van der Waals surface area contributed by atoms with E-state index in [1.165, 1.54) is 11.8 Å². The van der Waals surface area contributed by atoms with Crippen LogP contribution in [0.25, 0.3) is 5.69 Å². The Kier molecular flexibility index (Phi) is 5.30. The average Bonchev–Trinajstić information content (AvgIpc) is 3.20. The Labute approximate surface area is 165 Å². The molecule has 0 aliphatic carbocycles. The molecule has 27 heavy (non-hydrogen) atoms. The molecule has 0 bridgehead atoms. The van der Waals surface area contributed by atoms with Crippen molar-refractivity contribution in [2.45, 2.75) is 10.1 Å². The van der Waals surface area contributed by atoms with Crippen molar-refractivity contribution in [2.24, 2.45) is 0 Å².